The minimum Gasteiger partial charge on any atom is -0.330 e. The fourth-order valence-electron chi connectivity index (χ4n) is 1.37. The number of nitrogens with zero attached hydrogens (tertiary/aromatic N) is 1. The van der Waals surface area contributed by atoms with Crippen LogP contribution in [0.4, 0.5) is 0 Å². The zero-order chi connectivity index (χ0) is 11.1. The molecule has 3 heteroatoms. The molecule has 0 aromatic heterocycles. The number of hydrogen-bond acceptors (Lipinski definition) is 2. The Morgan fingerprint density at radius 1 is 1.67 bits per heavy atom. The zero-order valence-electron chi connectivity index (χ0n) is 9.04. The summed E-state index contributed by atoms with van der Waals surface area (Å²) in [6, 6.07) is 0. The van der Waals surface area contributed by atoms with Gasteiger partial charge >= 0.3 is 0 Å². The van der Waals surface area contributed by atoms with Crippen LogP contribution in [0.25, 0.3) is 0 Å². The first kappa shape index (κ1) is 11.8. The molecular weight excluding hydrogens is 188 g/mol. The molecule has 0 radical (unpaired) electrons. The van der Waals surface area contributed by atoms with Crippen LogP contribution in [-0.4, -0.2) is 37.0 Å². The molecule has 0 atom stereocenters. The molecule has 0 heterocycles. The molecule has 0 unspecified atom stereocenters. The maximum absolute atomic E-state index is 11.7. The third-order valence-corrected chi connectivity index (χ3v) is 2.38. The molecule has 1 rings (SSSR count). The van der Waals surface area contributed by atoms with Gasteiger partial charge in [0.05, 0.1) is 13.1 Å². The Kier molecular flexibility index (Phi) is 4.92. The van der Waals surface area contributed by atoms with Gasteiger partial charge in [-0.25, -0.2) is 0 Å². The summed E-state index contributed by atoms with van der Waals surface area (Å²) in [7, 11) is 0. The van der Waals surface area contributed by atoms with Crippen molar-refractivity contribution in [2.75, 3.05) is 26.2 Å². The summed E-state index contributed by atoms with van der Waals surface area (Å²) in [6.45, 7) is 5.82. The molecule has 1 amide bonds. The highest BCUT2D eigenvalue weighted by molar-refractivity contribution is 5.78. The molecule has 1 aliphatic carbocycles. The third kappa shape index (κ3) is 4.66. The van der Waals surface area contributed by atoms with Gasteiger partial charge in [0.2, 0.25) is 5.91 Å². The Labute approximate surface area is 91.5 Å². The first-order valence-corrected chi connectivity index (χ1v) is 5.30. The van der Waals surface area contributed by atoms with E-state index < -0.39 is 0 Å². The van der Waals surface area contributed by atoms with Gasteiger partial charge in [-0.15, -0.1) is 13.0 Å². The lowest BCUT2D eigenvalue weighted by molar-refractivity contribution is -0.129. The molecule has 0 aromatic carbocycles. The molecule has 1 saturated carbocycles. The summed E-state index contributed by atoms with van der Waals surface area (Å²) in [5.74, 6) is 3.30. The van der Waals surface area contributed by atoms with Gasteiger partial charge in [0.25, 0.3) is 0 Å². The quantitative estimate of drug-likeness (QED) is 0.376. The monoisotopic (exact) mass is 206 g/mol. The smallest absolute Gasteiger partial charge is 0.237 e. The zero-order valence-corrected chi connectivity index (χ0v) is 9.04. The number of terminal acetylenes is 1. The van der Waals surface area contributed by atoms with Crippen LogP contribution < -0.4 is 5.32 Å². The maximum Gasteiger partial charge on any atom is 0.237 e. The number of carbonyl (C=O) groups is 1. The van der Waals surface area contributed by atoms with E-state index in [1.165, 1.54) is 12.8 Å². The largest absolute Gasteiger partial charge is 0.330 e. The van der Waals surface area contributed by atoms with Crippen LogP contribution in [-0.2, 0) is 4.79 Å². The van der Waals surface area contributed by atoms with E-state index in [2.05, 4.69) is 17.8 Å². The molecule has 82 valence electrons. The summed E-state index contributed by atoms with van der Waals surface area (Å²) in [5, 5.41) is 2.99. The number of carbonyl (C=O) groups excluding carboxylic acids is 1. The van der Waals surface area contributed by atoms with Gasteiger partial charge in [-0.2, -0.15) is 0 Å². The average molecular weight is 206 g/mol. The molecule has 0 aliphatic heterocycles. The highest BCUT2D eigenvalue weighted by Gasteiger charge is 2.25. The molecule has 0 spiro atoms. The van der Waals surface area contributed by atoms with Gasteiger partial charge in [-0.3, -0.25) is 4.79 Å². The first-order valence-electron chi connectivity index (χ1n) is 5.30. The lowest BCUT2D eigenvalue weighted by Gasteiger charge is -2.20. The fraction of sp³-hybridized carbons (Fsp3) is 0.583. The van der Waals surface area contributed by atoms with E-state index in [1.807, 2.05) is 0 Å². The van der Waals surface area contributed by atoms with Gasteiger partial charge in [-0.05, 0) is 18.8 Å². The molecular formula is C12H18N2O. The van der Waals surface area contributed by atoms with Crippen molar-refractivity contribution in [1.29, 1.82) is 0 Å². The fourth-order valence-corrected chi connectivity index (χ4v) is 1.37. The van der Waals surface area contributed by atoms with E-state index in [-0.39, 0.29) is 5.91 Å². The van der Waals surface area contributed by atoms with Crippen LogP contribution in [0.2, 0.25) is 0 Å². The summed E-state index contributed by atoms with van der Waals surface area (Å²) in [5.41, 5.74) is 0. The second-order valence-electron chi connectivity index (χ2n) is 3.84. The summed E-state index contributed by atoms with van der Waals surface area (Å²) < 4.78 is 0. The van der Waals surface area contributed by atoms with Crippen LogP contribution >= 0.6 is 0 Å². The minimum absolute atomic E-state index is 0.0849. The second kappa shape index (κ2) is 6.26. The molecule has 1 aliphatic rings. The van der Waals surface area contributed by atoms with E-state index in [0.717, 1.165) is 6.54 Å². The number of rotatable bonds is 7. The van der Waals surface area contributed by atoms with Crippen molar-refractivity contribution >= 4 is 5.91 Å². The Morgan fingerprint density at radius 3 is 2.93 bits per heavy atom. The van der Waals surface area contributed by atoms with Gasteiger partial charge in [-0.1, -0.05) is 12.0 Å². The van der Waals surface area contributed by atoms with Gasteiger partial charge in [0, 0.05) is 13.1 Å². The van der Waals surface area contributed by atoms with Crippen LogP contribution in [0.3, 0.4) is 0 Å². The number of hydrogen-bond donors (Lipinski definition) is 1. The van der Waals surface area contributed by atoms with Crippen molar-refractivity contribution in [3.8, 4) is 12.3 Å². The predicted octanol–water partition coefficient (Wildman–Crippen LogP) is 0.634. The van der Waals surface area contributed by atoms with Crippen LogP contribution in [0.15, 0.2) is 12.7 Å². The molecule has 0 aromatic rings. The summed E-state index contributed by atoms with van der Waals surface area (Å²) in [6.07, 6.45) is 9.43. The highest BCUT2D eigenvalue weighted by Crippen LogP contribution is 2.29. The van der Waals surface area contributed by atoms with E-state index in [9.17, 15) is 4.79 Å². The summed E-state index contributed by atoms with van der Waals surface area (Å²) in [4.78, 5) is 13.5. The average Bonchev–Trinajstić information content (AvgIpc) is 3.01. The molecule has 15 heavy (non-hydrogen) atoms. The van der Waals surface area contributed by atoms with Gasteiger partial charge in [0.15, 0.2) is 0 Å². The third-order valence-electron chi connectivity index (χ3n) is 2.38. The Hall–Kier alpha value is -1.27. The lowest BCUT2D eigenvalue weighted by Crippen LogP contribution is -2.39. The van der Waals surface area contributed by atoms with Crippen molar-refractivity contribution in [3.63, 3.8) is 0 Å². The number of nitrogens with one attached hydrogen (secondary N) is 1. The van der Waals surface area contributed by atoms with Gasteiger partial charge < -0.3 is 10.2 Å². The molecule has 1 fully saturated rings. The molecule has 1 N–H and O–H groups in total. The minimum atomic E-state index is 0.0849. The van der Waals surface area contributed by atoms with Crippen LogP contribution in [0.1, 0.15) is 12.8 Å². The van der Waals surface area contributed by atoms with Crippen LogP contribution in [0.5, 0.6) is 0 Å². The van der Waals surface area contributed by atoms with Crippen molar-refractivity contribution in [2.24, 2.45) is 5.92 Å². The van der Waals surface area contributed by atoms with E-state index in [4.69, 9.17) is 6.42 Å². The SMILES string of the molecule is C#CCN(CC1CC1)C(=O)CNCC=C. The highest BCUT2D eigenvalue weighted by atomic mass is 16.2. The first-order chi connectivity index (χ1) is 7.27. The molecule has 3 nitrogen and oxygen atoms in total. The maximum atomic E-state index is 11.7. The second-order valence-corrected chi connectivity index (χ2v) is 3.84. The van der Waals surface area contributed by atoms with E-state index in [0.29, 0.717) is 25.6 Å². The molecule has 0 bridgehead atoms. The topological polar surface area (TPSA) is 32.3 Å². The predicted molar refractivity (Wildman–Crippen MR) is 61.2 cm³/mol. The Morgan fingerprint density at radius 2 is 2.40 bits per heavy atom. The normalized spacial score (nSPS) is 14.3. The van der Waals surface area contributed by atoms with Crippen molar-refractivity contribution in [3.05, 3.63) is 12.7 Å². The van der Waals surface area contributed by atoms with Gasteiger partial charge in [0.1, 0.15) is 0 Å². The lowest BCUT2D eigenvalue weighted by atomic mass is 10.3. The van der Waals surface area contributed by atoms with Crippen molar-refractivity contribution in [2.45, 2.75) is 12.8 Å². The summed E-state index contributed by atoms with van der Waals surface area (Å²) >= 11 is 0. The standard InChI is InChI=1S/C12H18N2O/c1-3-7-13-9-12(15)14(8-4-2)10-11-5-6-11/h2-3,11,13H,1,5-10H2. The van der Waals surface area contributed by atoms with Crippen molar-refractivity contribution in [1.82, 2.24) is 10.2 Å². The van der Waals surface area contributed by atoms with E-state index >= 15 is 0 Å². The molecule has 0 saturated heterocycles. The Balaban J connectivity index is 2.29. The van der Waals surface area contributed by atoms with Crippen molar-refractivity contribution < 1.29 is 4.79 Å². The Bertz CT molecular complexity index is 263. The van der Waals surface area contributed by atoms with Crippen LogP contribution in [0, 0.1) is 18.3 Å². The number of amides is 1. The van der Waals surface area contributed by atoms with E-state index in [1.54, 1.807) is 11.0 Å².